The van der Waals surface area contributed by atoms with Gasteiger partial charge in [-0.05, 0) is 53.9 Å². The number of methoxy groups -OCH3 is 1. The van der Waals surface area contributed by atoms with Gasteiger partial charge in [-0.2, -0.15) is 4.31 Å². The molecular weight excluding hydrogens is 412 g/mol. The topological polar surface area (TPSA) is 92.8 Å². The molecule has 9 heteroatoms. The Labute approximate surface area is 173 Å². The van der Waals surface area contributed by atoms with Gasteiger partial charge in [0.1, 0.15) is 5.75 Å². The van der Waals surface area contributed by atoms with Crippen LogP contribution in [0, 0.1) is 0 Å². The van der Waals surface area contributed by atoms with Crippen LogP contribution >= 0.6 is 0 Å². The smallest absolute Gasteiger partial charge is 0.261 e. The van der Waals surface area contributed by atoms with Gasteiger partial charge in [0, 0.05) is 18.8 Å². The lowest BCUT2D eigenvalue weighted by molar-refractivity contribution is 0.407. The van der Waals surface area contributed by atoms with Crippen molar-refractivity contribution in [2.45, 2.75) is 43.4 Å². The minimum atomic E-state index is -3.83. The molecule has 0 saturated heterocycles. The Kier molecular flexibility index (Phi) is 7.31. The van der Waals surface area contributed by atoms with Gasteiger partial charge in [-0.15, -0.1) is 0 Å². The number of sulfonamides is 2. The summed E-state index contributed by atoms with van der Waals surface area (Å²) in [5, 5.41) is 0. The van der Waals surface area contributed by atoms with Crippen LogP contribution in [0.1, 0.15) is 39.2 Å². The Morgan fingerprint density at radius 3 is 1.97 bits per heavy atom. The fourth-order valence-corrected chi connectivity index (χ4v) is 5.50. The van der Waals surface area contributed by atoms with E-state index >= 15 is 0 Å². The molecule has 2 rings (SSSR count). The zero-order valence-corrected chi connectivity index (χ0v) is 19.0. The lowest BCUT2D eigenvalue weighted by Gasteiger charge is -2.18. The molecule has 0 radical (unpaired) electrons. The summed E-state index contributed by atoms with van der Waals surface area (Å²) in [5.41, 5.74) is 1.07. The number of hydrogen-bond acceptors (Lipinski definition) is 5. The van der Waals surface area contributed by atoms with E-state index in [4.69, 9.17) is 4.74 Å². The van der Waals surface area contributed by atoms with Crippen LogP contribution in [-0.2, 0) is 20.0 Å². The molecule has 0 unspecified atom stereocenters. The van der Waals surface area contributed by atoms with Crippen molar-refractivity contribution < 1.29 is 21.6 Å². The first-order chi connectivity index (χ1) is 13.6. The van der Waals surface area contributed by atoms with Crippen molar-refractivity contribution in [1.82, 2.24) is 4.31 Å². The second-order valence-electron chi connectivity index (χ2n) is 6.78. The van der Waals surface area contributed by atoms with Gasteiger partial charge < -0.3 is 4.74 Å². The van der Waals surface area contributed by atoms with E-state index in [1.54, 1.807) is 33.1 Å². The number of hydrogen-bond donors (Lipinski definition) is 1. The van der Waals surface area contributed by atoms with Crippen LogP contribution in [0.4, 0.5) is 5.69 Å². The van der Waals surface area contributed by atoms with E-state index in [1.807, 2.05) is 13.8 Å². The van der Waals surface area contributed by atoms with Gasteiger partial charge in [-0.25, -0.2) is 16.8 Å². The molecule has 1 N–H and O–H groups in total. The van der Waals surface area contributed by atoms with Gasteiger partial charge in [0.25, 0.3) is 10.0 Å². The third-order valence-electron chi connectivity index (χ3n) is 4.58. The number of nitrogens with zero attached hydrogens (tertiary/aromatic N) is 1. The summed E-state index contributed by atoms with van der Waals surface area (Å²) >= 11 is 0. The summed E-state index contributed by atoms with van der Waals surface area (Å²) in [7, 11) is -5.89. The van der Waals surface area contributed by atoms with Crippen LogP contribution in [0.15, 0.2) is 52.3 Å². The molecule has 0 amide bonds. The molecule has 7 nitrogen and oxygen atoms in total. The highest BCUT2D eigenvalue weighted by molar-refractivity contribution is 7.92. The van der Waals surface area contributed by atoms with Gasteiger partial charge in [-0.3, -0.25) is 4.72 Å². The highest BCUT2D eigenvalue weighted by atomic mass is 32.2. The maximum absolute atomic E-state index is 12.8. The van der Waals surface area contributed by atoms with E-state index in [0.29, 0.717) is 18.8 Å². The SMILES string of the molecule is CCN(CC)S(=O)(=O)c1ccc(NS(=O)(=O)c2ccc(OC)c(C(C)C)c2)cc1. The second kappa shape index (κ2) is 9.15. The maximum atomic E-state index is 12.8. The first-order valence-corrected chi connectivity index (χ1v) is 12.3. The van der Waals surface area contributed by atoms with Crippen LogP contribution < -0.4 is 9.46 Å². The maximum Gasteiger partial charge on any atom is 0.261 e. The molecule has 0 bridgehead atoms. The molecule has 0 aliphatic rings. The van der Waals surface area contributed by atoms with Crippen LogP contribution in [0.5, 0.6) is 5.75 Å². The Morgan fingerprint density at radius 2 is 1.48 bits per heavy atom. The molecule has 0 spiro atoms. The Morgan fingerprint density at radius 1 is 0.931 bits per heavy atom. The Balaban J connectivity index is 2.31. The normalized spacial score (nSPS) is 12.4. The molecule has 29 heavy (non-hydrogen) atoms. The van der Waals surface area contributed by atoms with E-state index in [-0.39, 0.29) is 21.4 Å². The van der Waals surface area contributed by atoms with Crippen molar-refractivity contribution in [3.05, 3.63) is 48.0 Å². The predicted molar refractivity (Wildman–Crippen MR) is 114 cm³/mol. The van der Waals surface area contributed by atoms with Crippen molar-refractivity contribution in [3.63, 3.8) is 0 Å². The molecule has 0 fully saturated rings. The highest BCUT2D eigenvalue weighted by Crippen LogP contribution is 2.29. The van der Waals surface area contributed by atoms with Crippen molar-refractivity contribution in [1.29, 1.82) is 0 Å². The molecule has 0 heterocycles. The van der Waals surface area contributed by atoms with E-state index < -0.39 is 20.0 Å². The summed E-state index contributed by atoms with van der Waals surface area (Å²) < 4.78 is 59.8. The van der Waals surface area contributed by atoms with Crippen molar-refractivity contribution in [2.24, 2.45) is 0 Å². The Hall–Kier alpha value is -2.10. The molecular formula is C20H28N2O5S2. The van der Waals surface area contributed by atoms with E-state index in [2.05, 4.69) is 4.72 Å². The minimum absolute atomic E-state index is 0.0877. The van der Waals surface area contributed by atoms with Crippen LogP contribution in [-0.4, -0.2) is 41.3 Å². The minimum Gasteiger partial charge on any atom is -0.496 e. The Bertz CT molecular complexity index is 1040. The average Bonchev–Trinajstić information content (AvgIpc) is 2.68. The summed E-state index contributed by atoms with van der Waals surface area (Å²) in [6.45, 7) is 8.17. The molecule has 160 valence electrons. The average molecular weight is 441 g/mol. The van der Waals surface area contributed by atoms with E-state index in [1.165, 1.54) is 34.6 Å². The third kappa shape index (κ3) is 5.09. The zero-order valence-electron chi connectivity index (χ0n) is 17.3. The first-order valence-electron chi connectivity index (χ1n) is 9.37. The zero-order chi connectivity index (χ0) is 21.8. The number of benzene rings is 2. The monoisotopic (exact) mass is 440 g/mol. The van der Waals surface area contributed by atoms with Gasteiger partial charge in [-0.1, -0.05) is 27.7 Å². The summed E-state index contributed by atoms with van der Waals surface area (Å²) in [6.07, 6.45) is 0. The number of nitrogens with one attached hydrogen (secondary N) is 1. The van der Waals surface area contributed by atoms with Gasteiger partial charge >= 0.3 is 0 Å². The second-order valence-corrected chi connectivity index (χ2v) is 10.4. The van der Waals surface area contributed by atoms with Crippen molar-refractivity contribution >= 4 is 25.7 Å². The summed E-state index contributed by atoms with van der Waals surface area (Å²) in [5.74, 6) is 0.717. The standard InChI is InChI=1S/C20H28N2O5S2/c1-6-22(7-2)29(25,26)17-10-8-16(9-11-17)21-28(23,24)18-12-13-20(27-5)19(14-18)15(3)4/h8-15,21H,6-7H2,1-5H3. The van der Waals surface area contributed by atoms with Gasteiger partial charge in [0.2, 0.25) is 10.0 Å². The van der Waals surface area contributed by atoms with E-state index in [9.17, 15) is 16.8 Å². The lowest BCUT2D eigenvalue weighted by atomic mass is 10.0. The van der Waals surface area contributed by atoms with Gasteiger partial charge in [0.15, 0.2) is 0 Å². The number of rotatable bonds is 9. The largest absolute Gasteiger partial charge is 0.496 e. The lowest BCUT2D eigenvalue weighted by Crippen LogP contribution is -2.30. The van der Waals surface area contributed by atoms with Gasteiger partial charge in [0.05, 0.1) is 16.9 Å². The quantitative estimate of drug-likeness (QED) is 0.642. The van der Waals surface area contributed by atoms with Crippen LogP contribution in [0.3, 0.4) is 0 Å². The fraction of sp³-hybridized carbons (Fsp3) is 0.400. The van der Waals surface area contributed by atoms with E-state index in [0.717, 1.165) is 5.56 Å². The first kappa shape index (κ1) is 23.2. The number of ether oxygens (including phenoxy) is 1. The number of anilines is 1. The molecule has 0 aromatic heterocycles. The summed E-state index contributed by atoms with van der Waals surface area (Å²) in [4.78, 5) is 0.234. The van der Waals surface area contributed by atoms with Crippen LogP contribution in [0.25, 0.3) is 0 Å². The molecule has 0 aliphatic carbocycles. The molecule has 0 aliphatic heterocycles. The summed E-state index contributed by atoms with van der Waals surface area (Å²) in [6, 6.07) is 10.4. The van der Waals surface area contributed by atoms with Crippen LogP contribution in [0.2, 0.25) is 0 Å². The third-order valence-corrected chi connectivity index (χ3v) is 8.03. The molecule has 2 aromatic rings. The predicted octanol–water partition coefficient (Wildman–Crippen LogP) is 3.65. The highest BCUT2D eigenvalue weighted by Gasteiger charge is 2.22. The molecule has 2 aromatic carbocycles. The fourth-order valence-electron chi connectivity index (χ4n) is 2.95. The van der Waals surface area contributed by atoms with Crippen molar-refractivity contribution in [3.8, 4) is 5.75 Å². The molecule has 0 saturated carbocycles. The molecule has 0 atom stereocenters. The van der Waals surface area contributed by atoms with Crippen molar-refractivity contribution in [2.75, 3.05) is 24.9 Å².